The summed E-state index contributed by atoms with van der Waals surface area (Å²) in [6, 6.07) is 0. The molecule has 1 N–H and O–H groups in total. The van der Waals surface area contributed by atoms with Crippen LogP contribution in [-0.2, 0) is 4.74 Å². The second kappa shape index (κ2) is 5.27. The van der Waals surface area contributed by atoms with Crippen molar-refractivity contribution in [3.8, 4) is 0 Å². The molecule has 2 saturated carbocycles. The van der Waals surface area contributed by atoms with Crippen LogP contribution in [-0.4, -0.2) is 24.4 Å². The van der Waals surface area contributed by atoms with E-state index in [1.807, 2.05) is 0 Å². The molecule has 0 amide bonds. The fraction of sp³-hybridized carbons (Fsp3) is 1.00. The van der Waals surface area contributed by atoms with Gasteiger partial charge in [0.25, 0.3) is 0 Å². The molecule has 0 aromatic carbocycles. The van der Waals surface area contributed by atoms with E-state index in [-0.39, 0.29) is 6.10 Å². The lowest BCUT2D eigenvalue weighted by atomic mass is 9.62. The van der Waals surface area contributed by atoms with Crippen LogP contribution in [0.3, 0.4) is 0 Å². The number of aliphatic hydroxyl groups is 1. The molecule has 0 bridgehead atoms. The summed E-state index contributed by atoms with van der Waals surface area (Å²) in [5.74, 6) is 1.93. The molecule has 17 heavy (non-hydrogen) atoms. The minimum atomic E-state index is -0.0435. The van der Waals surface area contributed by atoms with Crippen molar-refractivity contribution in [3.63, 3.8) is 0 Å². The third-order valence-corrected chi connectivity index (χ3v) is 5.43. The largest absolute Gasteiger partial charge is 0.393 e. The van der Waals surface area contributed by atoms with Crippen LogP contribution >= 0.6 is 0 Å². The molecule has 0 spiro atoms. The van der Waals surface area contributed by atoms with Crippen molar-refractivity contribution in [1.29, 1.82) is 0 Å². The normalized spacial score (nSPS) is 43.4. The second-order valence-electron chi connectivity index (χ2n) is 6.39. The van der Waals surface area contributed by atoms with Crippen molar-refractivity contribution >= 4 is 0 Å². The standard InChI is InChI=1S/C15H28O2/c1-4-17-10-11(2)12-7-8-13-14(16)6-5-9-15(12,13)3/h11-14,16H,4-10H2,1-3H3/t11-,12-,13+,14+,15-/m1/s1. The molecule has 0 aromatic heterocycles. The van der Waals surface area contributed by atoms with Crippen molar-refractivity contribution in [2.45, 2.75) is 59.0 Å². The van der Waals surface area contributed by atoms with E-state index in [0.29, 0.717) is 17.3 Å². The summed E-state index contributed by atoms with van der Waals surface area (Å²) < 4.78 is 5.60. The van der Waals surface area contributed by atoms with Crippen molar-refractivity contribution in [1.82, 2.24) is 0 Å². The first kappa shape index (κ1) is 13.4. The van der Waals surface area contributed by atoms with Gasteiger partial charge in [-0.05, 0) is 55.8 Å². The van der Waals surface area contributed by atoms with Gasteiger partial charge in [-0.1, -0.05) is 20.3 Å². The zero-order valence-corrected chi connectivity index (χ0v) is 11.6. The molecule has 2 rings (SSSR count). The molecule has 0 radical (unpaired) electrons. The molecule has 2 fully saturated rings. The predicted octanol–water partition coefficient (Wildman–Crippen LogP) is 3.24. The zero-order valence-electron chi connectivity index (χ0n) is 11.6. The summed E-state index contributed by atoms with van der Waals surface area (Å²) in [7, 11) is 0. The minimum Gasteiger partial charge on any atom is -0.393 e. The van der Waals surface area contributed by atoms with Gasteiger partial charge in [-0.15, -0.1) is 0 Å². The number of fused-ring (bicyclic) bond motifs is 1. The molecule has 0 saturated heterocycles. The third kappa shape index (κ3) is 2.39. The van der Waals surface area contributed by atoms with Crippen LogP contribution in [0, 0.1) is 23.2 Å². The number of rotatable bonds is 4. The van der Waals surface area contributed by atoms with Gasteiger partial charge in [0, 0.05) is 13.2 Å². The molecular formula is C15H28O2. The van der Waals surface area contributed by atoms with E-state index in [1.165, 1.54) is 25.7 Å². The highest BCUT2D eigenvalue weighted by atomic mass is 16.5. The highest BCUT2D eigenvalue weighted by Gasteiger charge is 2.52. The molecule has 5 atom stereocenters. The maximum Gasteiger partial charge on any atom is 0.0573 e. The lowest BCUT2D eigenvalue weighted by Gasteiger charge is -2.45. The van der Waals surface area contributed by atoms with Gasteiger partial charge in [0.1, 0.15) is 0 Å². The first-order chi connectivity index (χ1) is 8.09. The Labute approximate surface area is 106 Å². The quantitative estimate of drug-likeness (QED) is 0.817. The maximum atomic E-state index is 10.2. The average molecular weight is 240 g/mol. The average Bonchev–Trinajstić information content (AvgIpc) is 2.64. The lowest BCUT2D eigenvalue weighted by Crippen LogP contribution is -2.42. The van der Waals surface area contributed by atoms with Crippen LogP contribution in [0.5, 0.6) is 0 Å². The molecule has 0 aromatic rings. The first-order valence-electron chi connectivity index (χ1n) is 7.35. The van der Waals surface area contributed by atoms with Gasteiger partial charge in [0.15, 0.2) is 0 Å². The molecule has 0 heterocycles. The molecule has 2 heteroatoms. The molecule has 2 nitrogen and oxygen atoms in total. The number of ether oxygens (including phenoxy) is 1. The van der Waals surface area contributed by atoms with E-state index < -0.39 is 0 Å². The van der Waals surface area contributed by atoms with Crippen LogP contribution in [0.25, 0.3) is 0 Å². The van der Waals surface area contributed by atoms with Crippen molar-refractivity contribution < 1.29 is 9.84 Å². The Morgan fingerprint density at radius 3 is 2.82 bits per heavy atom. The summed E-state index contributed by atoms with van der Waals surface area (Å²) in [5, 5.41) is 10.2. The van der Waals surface area contributed by atoms with Gasteiger partial charge < -0.3 is 9.84 Å². The van der Waals surface area contributed by atoms with E-state index in [2.05, 4.69) is 20.8 Å². The van der Waals surface area contributed by atoms with Gasteiger partial charge in [-0.2, -0.15) is 0 Å². The van der Waals surface area contributed by atoms with Gasteiger partial charge in [0.05, 0.1) is 6.10 Å². The predicted molar refractivity (Wildman–Crippen MR) is 69.8 cm³/mol. The molecule has 0 aliphatic heterocycles. The topological polar surface area (TPSA) is 29.5 Å². The molecule has 100 valence electrons. The molecule has 2 aliphatic carbocycles. The van der Waals surface area contributed by atoms with E-state index in [9.17, 15) is 5.11 Å². The minimum absolute atomic E-state index is 0.0435. The second-order valence-corrected chi connectivity index (χ2v) is 6.39. The summed E-state index contributed by atoms with van der Waals surface area (Å²) in [6.07, 6.45) is 5.98. The molecule has 2 aliphatic rings. The third-order valence-electron chi connectivity index (χ3n) is 5.43. The van der Waals surface area contributed by atoms with E-state index in [4.69, 9.17) is 4.74 Å². The van der Waals surface area contributed by atoms with Crippen molar-refractivity contribution in [2.75, 3.05) is 13.2 Å². The van der Waals surface area contributed by atoms with Gasteiger partial charge in [0.2, 0.25) is 0 Å². The lowest BCUT2D eigenvalue weighted by molar-refractivity contribution is -0.0368. The van der Waals surface area contributed by atoms with E-state index in [0.717, 1.165) is 25.6 Å². The molecule has 0 unspecified atom stereocenters. The van der Waals surface area contributed by atoms with Crippen molar-refractivity contribution in [2.24, 2.45) is 23.2 Å². The Hall–Kier alpha value is -0.0800. The Morgan fingerprint density at radius 1 is 1.35 bits per heavy atom. The van der Waals surface area contributed by atoms with Crippen LogP contribution in [0.1, 0.15) is 52.9 Å². The van der Waals surface area contributed by atoms with Crippen molar-refractivity contribution in [3.05, 3.63) is 0 Å². The number of aliphatic hydroxyl groups excluding tert-OH is 1. The van der Waals surface area contributed by atoms with Crippen LogP contribution in [0.4, 0.5) is 0 Å². The van der Waals surface area contributed by atoms with Gasteiger partial charge in [-0.25, -0.2) is 0 Å². The monoisotopic (exact) mass is 240 g/mol. The number of hydrogen-bond donors (Lipinski definition) is 1. The fourth-order valence-corrected chi connectivity index (χ4v) is 4.54. The Bertz CT molecular complexity index is 253. The van der Waals surface area contributed by atoms with Gasteiger partial charge in [-0.3, -0.25) is 0 Å². The first-order valence-corrected chi connectivity index (χ1v) is 7.35. The maximum absolute atomic E-state index is 10.2. The van der Waals surface area contributed by atoms with Crippen LogP contribution < -0.4 is 0 Å². The van der Waals surface area contributed by atoms with Crippen LogP contribution in [0.15, 0.2) is 0 Å². The SMILES string of the molecule is CCOC[C@@H](C)[C@H]1CC[C@H]2[C@@H](O)CCC[C@]12C. The summed E-state index contributed by atoms with van der Waals surface area (Å²) in [5.41, 5.74) is 0.369. The zero-order chi connectivity index (χ0) is 12.5. The Kier molecular flexibility index (Phi) is 4.14. The molecular weight excluding hydrogens is 212 g/mol. The van der Waals surface area contributed by atoms with Crippen LogP contribution in [0.2, 0.25) is 0 Å². The Morgan fingerprint density at radius 2 is 2.12 bits per heavy atom. The van der Waals surface area contributed by atoms with E-state index in [1.54, 1.807) is 0 Å². The summed E-state index contributed by atoms with van der Waals surface area (Å²) >= 11 is 0. The highest BCUT2D eigenvalue weighted by molar-refractivity contribution is 5.01. The van der Waals surface area contributed by atoms with Gasteiger partial charge >= 0.3 is 0 Å². The number of hydrogen-bond acceptors (Lipinski definition) is 2. The fourth-order valence-electron chi connectivity index (χ4n) is 4.54. The van der Waals surface area contributed by atoms with E-state index >= 15 is 0 Å². The summed E-state index contributed by atoms with van der Waals surface area (Å²) in [4.78, 5) is 0. The Balaban J connectivity index is 2.04. The smallest absolute Gasteiger partial charge is 0.0573 e. The summed E-state index contributed by atoms with van der Waals surface area (Å²) in [6.45, 7) is 8.52. The highest BCUT2D eigenvalue weighted by Crippen LogP contribution is 2.57.